The van der Waals surface area contributed by atoms with Crippen molar-refractivity contribution in [2.75, 3.05) is 24.5 Å². The molecular weight excluding hydrogens is 286 g/mol. The number of nitrogens with one attached hydrogen (secondary N) is 1. The predicted octanol–water partition coefficient (Wildman–Crippen LogP) is 2.89. The van der Waals surface area contributed by atoms with Gasteiger partial charge in [0.2, 0.25) is 5.91 Å². The molecule has 1 atom stereocenters. The molecule has 23 heavy (non-hydrogen) atoms. The zero-order chi connectivity index (χ0) is 17.2. The number of anilines is 1. The molecule has 1 heterocycles. The first-order valence-electron chi connectivity index (χ1n) is 8.68. The second-order valence-corrected chi connectivity index (χ2v) is 7.31. The fourth-order valence-corrected chi connectivity index (χ4v) is 3.45. The van der Waals surface area contributed by atoms with Crippen molar-refractivity contribution in [3.05, 3.63) is 28.8 Å². The number of amides is 1. The van der Waals surface area contributed by atoms with Crippen molar-refractivity contribution in [2.45, 2.75) is 58.9 Å². The van der Waals surface area contributed by atoms with Crippen molar-refractivity contribution in [3.63, 3.8) is 0 Å². The first-order valence-corrected chi connectivity index (χ1v) is 8.68. The normalized spacial score (nSPS) is 17.6. The monoisotopic (exact) mass is 317 g/mol. The van der Waals surface area contributed by atoms with E-state index in [0.29, 0.717) is 6.54 Å². The number of nitrogens with zero attached hydrogens (tertiary/aromatic N) is 1. The fourth-order valence-electron chi connectivity index (χ4n) is 3.45. The third kappa shape index (κ3) is 3.86. The minimum Gasteiger partial charge on any atom is -0.369 e. The Morgan fingerprint density at radius 1 is 1.43 bits per heavy atom. The van der Waals surface area contributed by atoms with Gasteiger partial charge in [0.05, 0.1) is 0 Å². The Balaban J connectivity index is 2.39. The van der Waals surface area contributed by atoms with Gasteiger partial charge in [-0.25, -0.2) is 0 Å². The van der Waals surface area contributed by atoms with Crippen molar-refractivity contribution < 1.29 is 4.79 Å². The van der Waals surface area contributed by atoms with Crippen LogP contribution in [0, 0.1) is 0 Å². The number of carbonyl (C=O) groups is 1. The summed E-state index contributed by atoms with van der Waals surface area (Å²) in [6, 6.07) is 4.68. The highest BCUT2D eigenvalue weighted by Crippen LogP contribution is 2.41. The summed E-state index contributed by atoms with van der Waals surface area (Å²) in [6.07, 6.45) is 2.13. The molecule has 1 amide bonds. The second kappa shape index (κ2) is 6.91. The Bertz CT molecular complexity index is 578. The number of hydrogen-bond donors (Lipinski definition) is 2. The minimum absolute atomic E-state index is 0.0279. The van der Waals surface area contributed by atoms with E-state index in [1.807, 2.05) is 0 Å². The largest absolute Gasteiger partial charge is 0.369 e. The third-order valence-electron chi connectivity index (χ3n) is 4.96. The summed E-state index contributed by atoms with van der Waals surface area (Å²) < 4.78 is 0. The molecule has 1 aliphatic rings. The van der Waals surface area contributed by atoms with Crippen LogP contribution in [0.2, 0.25) is 0 Å². The molecule has 0 aromatic heterocycles. The van der Waals surface area contributed by atoms with Crippen LogP contribution in [-0.2, 0) is 16.6 Å². The van der Waals surface area contributed by atoms with E-state index in [1.165, 1.54) is 22.4 Å². The maximum atomic E-state index is 11.1. The van der Waals surface area contributed by atoms with E-state index >= 15 is 0 Å². The van der Waals surface area contributed by atoms with Gasteiger partial charge < -0.3 is 16.0 Å². The van der Waals surface area contributed by atoms with Crippen LogP contribution in [0.3, 0.4) is 0 Å². The van der Waals surface area contributed by atoms with Gasteiger partial charge in [-0.3, -0.25) is 4.79 Å². The van der Waals surface area contributed by atoms with E-state index in [9.17, 15) is 4.79 Å². The lowest BCUT2D eigenvalue weighted by Gasteiger charge is -2.41. The zero-order valence-electron chi connectivity index (χ0n) is 15.2. The molecule has 0 saturated heterocycles. The maximum absolute atomic E-state index is 11.1. The van der Waals surface area contributed by atoms with Gasteiger partial charge in [0, 0.05) is 38.3 Å². The van der Waals surface area contributed by atoms with Gasteiger partial charge in [-0.1, -0.05) is 26.8 Å². The molecule has 128 valence electrons. The highest BCUT2D eigenvalue weighted by Gasteiger charge is 2.32. The molecule has 3 N–H and O–H groups in total. The SMILES string of the molecule is CCc1cc2c(cc1[C@@H](C)N)N(CCNC(C)=O)CCC2(C)C. The topological polar surface area (TPSA) is 58.4 Å². The van der Waals surface area contributed by atoms with Crippen molar-refractivity contribution >= 4 is 11.6 Å². The molecule has 2 rings (SSSR count). The fraction of sp³-hybridized carbons (Fsp3) is 0.632. The molecule has 0 bridgehead atoms. The quantitative estimate of drug-likeness (QED) is 0.878. The number of benzene rings is 1. The molecule has 0 fully saturated rings. The zero-order valence-corrected chi connectivity index (χ0v) is 15.2. The number of rotatable bonds is 5. The number of aryl methyl sites for hydroxylation is 1. The Morgan fingerprint density at radius 3 is 2.70 bits per heavy atom. The summed E-state index contributed by atoms with van der Waals surface area (Å²) in [5.41, 5.74) is 11.7. The molecule has 0 radical (unpaired) electrons. The smallest absolute Gasteiger partial charge is 0.216 e. The van der Waals surface area contributed by atoms with E-state index in [0.717, 1.165) is 25.9 Å². The maximum Gasteiger partial charge on any atom is 0.216 e. The van der Waals surface area contributed by atoms with Gasteiger partial charge in [0.25, 0.3) is 0 Å². The van der Waals surface area contributed by atoms with Crippen LogP contribution in [0.25, 0.3) is 0 Å². The number of nitrogens with two attached hydrogens (primary N) is 1. The van der Waals surface area contributed by atoms with E-state index < -0.39 is 0 Å². The van der Waals surface area contributed by atoms with E-state index in [1.54, 1.807) is 6.92 Å². The van der Waals surface area contributed by atoms with Gasteiger partial charge in [-0.05, 0) is 47.9 Å². The Kier molecular flexibility index (Phi) is 5.35. The summed E-state index contributed by atoms with van der Waals surface area (Å²) in [7, 11) is 0. The molecule has 1 aromatic rings. The molecular formula is C19H31N3O. The Hall–Kier alpha value is -1.55. The minimum atomic E-state index is 0.0279. The Morgan fingerprint density at radius 2 is 2.13 bits per heavy atom. The highest BCUT2D eigenvalue weighted by atomic mass is 16.1. The molecule has 1 aromatic carbocycles. The summed E-state index contributed by atoms with van der Waals surface area (Å²) in [5, 5.41) is 2.90. The summed E-state index contributed by atoms with van der Waals surface area (Å²) in [5.74, 6) is 0.0279. The third-order valence-corrected chi connectivity index (χ3v) is 4.96. The number of fused-ring (bicyclic) bond motifs is 1. The van der Waals surface area contributed by atoms with E-state index in [-0.39, 0.29) is 17.4 Å². The predicted molar refractivity (Wildman–Crippen MR) is 97.0 cm³/mol. The standard InChI is InChI=1S/C19H31N3O/c1-6-15-11-17-18(12-16(15)13(2)20)22(9-7-19(17,4)5)10-8-21-14(3)23/h11-13H,6-10,20H2,1-5H3,(H,21,23)/t13-/m1/s1. The van der Waals surface area contributed by atoms with Crippen molar-refractivity contribution in [2.24, 2.45) is 5.73 Å². The van der Waals surface area contributed by atoms with Crippen LogP contribution in [0.5, 0.6) is 0 Å². The van der Waals surface area contributed by atoms with Crippen molar-refractivity contribution in [1.82, 2.24) is 5.32 Å². The second-order valence-electron chi connectivity index (χ2n) is 7.31. The van der Waals surface area contributed by atoms with Crippen LogP contribution in [0.15, 0.2) is 12.1 Å². The molecule has 0 saturated carbocycles. The van der Waals surface area contributed by atoms with E-state index in [2.05, 4.69) is 50.0 Å². The van der Waals surface area contributed by atoms with E-state index in [4.69, 9.17) is 5.73 Å². The van der Waals surface area contributed by atoms with Crippen LogP contribution in [-0.4, -0.2) is 25.5 Å². The van der Waals surface area contributed by atoms with Gasteiger partial charge in [-0.15, -0.1) is 0 Å². The van der Waals surface area contributed by atoms with Gasteiger partial charge in [0.1, 0.15) is 0 Å². The van der Waals surface area contributed by atoms with Crippen LogP contribution < -0.4 is 16.0 Å². The summed E-state index contributed by atoms with van der Waals surface area (Å²) in [6.45, 7) is 13.0. The molecule has 4 nitrogen and oxygen atoms in total. The van der Waals surface area contributed by atoms with Crippen molar-refractivity contribution in [3.8, 4) is 0 Å². The van der Waals surface area contributed by atoms with Gasteiger partial charge in [-0.2, -0.15) is 0 Å². The van der Waals surface area contributed by atoms with Gasteiger partial charge in [0.15, 0.2) is 0 Å². The average Bonchev–Trinajstić information content (AvgIpc) is 2.48. The first-order chi connectivity index (χ1) is 10.8. The summed E-state index contributed by atoms with van der Waals surface area (Å²) in [4.78, 5) is 13.5. The van der Waals surface area contributed by atoms with Gasteiger partial charge >= 0.3 is 0 Å². The van der Waals surface area contributed by atoms with Crippen molar-refractivity contribution in [1.29, 1.82) is 0 Å². The average molecular weight is 317 g/mol. The van der Waals surface area contributed by atoms with Crippen LogP contribution in [0.1, 0.15) is 63.8 Å². The lowest BCUT2D eigenvalue weighted by molar-refractivity contribution is -0.118. The number of carbonyl (C=O) groups excluding carboxylic acids is 1. The lowest BCUT2D eigenvalue weighted by atomic mass is 9.76. The highest BCUT2D eigenvalue weighted by molar-refractivity contribution is 5.72. The molecule has 1 aliphatic heterocycles. The number of hydrogen-bond acceptors (Lipinski definition) is 3. The van der Waals surface area contributed by atoms with Crippen LogP contribution in [0.4, 0.5) is 5.69 Å². The lowest BCUT2D eigenvalue weighted by Crippen LogP contribution is -2.41. The molecule has 0 spiro atoms. The molecule has 4 heteroatoms. The van der Waals surface area contributed by atoms with Crippen LogP contribution >= 0.6 is 0 Å². The molecule has 0 unspecified atom stereocenters. The summed E-state index contributed by atoms with van der Waals surface area (Å²) >= 11 is 0. The Labute approximate surface area is 140 Å². The molecule has 0 aliphatic carbocycles. The first kappa shape index (κ1) is 17.8.